The zero-order chi connectivity index (χ0) is 38.7. The molecule has 2 heterocycles. The molecule has 244 valence electrons. The Hall–Kier alpha value is -6.20. The van der Waals surface area contributed by atoms with Gasteiger partial charge in [0.15, 0.2) is 17.5 Å². The standard InChI is InChI=1S/C45H22B7N3O/c46-34-31(37(49)41-32(35(34)47)33-36(48)38(50)39(51)40(52)42(33)56-41)27-17-11-25(12-18-27)26-15-21-30(22-16-26)45-54-43(28-9-5-2-6-10-28)53-44(55-45)29-19-13-24(14-20-29)23-7-3-1-4-8-23/h1-22H. The number of benzene rings is 7. The van der Waals surface area contributed by atoms with Crippen LogP contribution in [0.2, 0.25) is 0 Å². The molecular weight excluding hydrogens is 674 g/mol. The van der Waals surface area contributed by atoms with Gasteiger partial charge in [-0.15, -0.1) is 10.9 Å². The molecule has 9 rings (SSSR count). The van der Waals surface area contributed by atoms with E-state index < -0.39 is 0 Å². The van der Waals surface area contributed by atoms with Crippen LogP contribution in [-0.2, 0) is 0 Å². The molecule has 0 unspecified atom stereocenters. The Kier molecular flexibility index (Phi) is 8.97. The number of nitrogens with zero attached hydrogens (tertiary/aromatic N) is 3. The third-order valence-electron chi connectivity index (χ3n) is 10.2. The van der Waals surface area contributed by atoms with E-state index in [-0.39, 0.29) is 43.8 Å². The van der Waals surface area contributed by atoms with Crippen molar-refractivity contribution in [2.45, 2.75) is 0 Å². The van der Waals surface area contributed by atoms with Crippen molar-refractivity contribution in [2.75, 3.05) is 0 Å². The first-order valence-electron chi connectivity index (χ1n) is 17.8. The van der Waals surface area contributed by atoms with E-state index in [1.165, 1.54) is 0 Å². The van der Waals surface area contributed by atoms with Crippen molar-refractivity contribution in [2.24, 2.45) is 0 Å². The molecule has 0 saturated heterocycles. The summed E-state index contributed by atoms with van der Waals surface area (Å²) < 4.78 is 6.14. The second-order valence-corrected chi connectivity index (χ2v) is 13.6. The predicted molar refractivity (Wildman–Crippen MR) is 237 cm³/mol. The average molecular weight is 696 g/mol. The number of aromatic nitrogens is 3. The lowest BCUT2D eigenvalue weighted by Crippen LogP contribution is -2.47. The van der Waals surface area contributed by atoms with Gasteiger partial charge in [0.25, 0.3) is 0 Å². The van der Waals surface area contributed by atoms with Crippen LogP contribution in [0.5, 0.6) is 0 Å². The zero-order valence-corrected chi connectivity index (χ0v) is 30.0. The Bertz CT molecular complexity index is 2950. The maximum atomic E-state index is 6.72. The molecule has 7 aromatic carbocycles. The summed E-state index contributed by atoms with van der Waals surface area (Å²) in [6.07, 6.45) is 0. The summed E-state index contributed by atoms with van der Waals surface area (Å²) in [6, 6.07) is 44.4. The number of furan rings is 1. The van der Waals surface area contributed by atoms with E-state index in [0.29, 0.717) is 39.4 Å². The summed E-state index contributed by atoms with van der Waals surface area (Å²) in [5.74, 6) is 1.76. The van der Waals surface area contributed by atoms with Gasteiger partial charge in [0.1, 0.15) is 66.1 Å². The number of fused-ring (bicyclic) bond motifs is 3. The Balaban J connectivity index is 1.05. The molecule has 9 aromatic rings. The Morgan fingerprint density at radius 1 is 0.286 bits per heavy atom. The van der Waals surface area contributed by atoms with E-state index in [1.54, 1.807) is 0 Å². The minimum Gasteiger partial charge on any atom is -0.457 e. The number of rotatable bonds is 6. The summed E-state index contributed by atoms with van der Waals surface area (Å²) in [5, 5.41) is 0.862. The lowest BCUT2D eigenvalue weighted by Gasteiger charge is -2.17. The van der Waals surface area contributed by atoms with Crippen molar-refractivity contribution in [3.05, 3.63) is 133 Å². The van der Waals surface area contributed by atoms with Crippen LogP contribution in [0.25, 0.3) is 89.5 Å². The van der Waals surface area contributed by atoms with Gasteiger partial charge in [0.05, 0.1) is 0 Å². The molecule has 0 atom stereocenters. The lowest BCUT2D eigenvalue weighted by atomic mass is 9.64. The Labute approximate surface area is 334 Å². The molecule has 11 heteroatoms. The monoisotopic (exact) mass is 697 g/mol. The molecule has 4 nitrogen and oxygen atoms in total. The fraction of sp³-hybridized carbons (Fsp3) is 0. The molecule has 0 fully saturated rings. The number of hydrogen-bond acceptors (Lipinski definition) is 4. The van der Waals surface area contributed by atoms with Crippen LogP contribution in [0.1, 0.15) is 0 Å². The van der Waals surface area contributed by atoms with Crippen molar-refractivity contribution in [3.63, 3.8) is 0 Å². The predicted octanol–water partition coefficient (Wildman–Crippen LogP) is 3.33. The fourth-order valence-corrected chi connectivity index (χ4v) is 7.14. The Morgan fingerprint density at radius 3 is 1.07 bits per heavy atom. The molecule has 0 bridgehead atoms. The van der Waals surface area contributed by atoms with Crippen molar-refractivity contribution in [1.29, 1.82) is 0 Å². The second kappa shape index (κ2) is 14.1. The highest BCUT2D eigenvalue weighted by atomic mass is 16.3. The van der Waals surface area contributed by atoms with Gasteiger partial charge in [-0.3, -0.25) is 0 Å². The molecule has 14 radical (unpaired) electrons. The van der Waals surface area contributed by atoms with Crippen molar-refractivity contribution in [1.82, 2.24) is 15.0 Å². The highest BCUT2D eigenvalue weighted by Crippen LogP contribution is 2.31. The van der Waals surface area contributed by atoms with Crippen LogP contribution < -0.4 is 38.2 Å². The van der Waals surface area contributed by atoms with Crippen LogP contribution >= 0.6 is 0 Å². The zero-order valence-electron chi connectivity index (χ0n) is 30.0. The third kappa shape index (κ3) is 6.03. The molecule has 0 spiro atoms. The van der Waals surface area contributed by atoms with Gasteiger partial charge in [-0.2, -0.15) is 0 Å². The topological polar surface area (TPSA) is 51.8 Å². The molecule has 0 N–H and O–H groups in total. The van der Waals surface area contributed by atoms with Gasteiger partial charge in [-0.25, -0.2) is 15.0 Å². The Morgan fingerprint density at radius 2 is 0.607 bits per heavy atom. The van der Waals surface area contributed by atoms with Gasteiger partial charge in [-0.05, 0) is 38.8 Å². The SMILES string of the molecule is [B]c1c([B])c([B])c2c(oc3c([B])c(-c4ccc(-c5ccc(-c6nc(-c7ccccc7)nc(-c7ccc(-c8ccccc8)cc7)n6)cc5)cc4)c([B])c([B])c32)c1[B]. The largest absolute Gasteiger partial charge is 0.457 e. The van der Waals surface area contributed by atoms with E-state index in [9.17, 15) is 0 Å². The molecule has 0 aliphatic carbocycles. The van der Waals surface area contributed by atoms with Crippen molar-refractivity contribution < 1.29 is 4.42 Å². The molecule has 0 saturated carbocycles. The maximum Gasteiger partial charge on any atom is 0.164 e. The van der Waals surface area contributed by atoms with E-state index in [2.05, 4.69) is 24.3 Å². The van der Waals surface area contributed by atoms with Crippen LogP contribution in [0.3, 0.4) is 0 Å². The fourth-order valence-electron chi connectivity index (χ4n) is 7.14. The van der Waals surface area contributed by atoms with Crippen molar-refractivity contribution in [3.8, 4) is 67.5 Å². The maximum absolute atomic E-state index is 6.72. The average Bonchev–Trinajstić information content (AvgIpc) is 3.67. The highest BCUT2D eigenvalue weighted by Gasteiger charge is 2.22. The van der Waals surface area contributed by atoms with Gasteiger partial charge in [-0.1, -0.05) is 155 Å². The van der Waals surface area contributed by atoms with E-state index >= 15 is 0 Å². The first-order chi connectivity index (χ1) is 27.2. The smallest absolute Gasteiger partial charge is 0.164 e. The van der Waals surface area contributed by atoms with Crippen LogP contribution in [0.4, 0.5) is 0 Å². The lowest BCUT2D eigenvalue weighted by molar-refractivity contribution is 0.675. The second-order valence-electron chi connectivity index (χ2n) is 13.6. The normalized spacial score (nSPS) is 11.4. The first kappa shape index (κ1) is 35.5. The highest BCUT2D eigenvalue weighted by molar-refractivity contribution is 6.69. The number of hydrogen-bond donors (Lipinski definition) is 0. The molecule has 0 aliphatic rings. The molecular formula is C45H22B7N3O. The first-order valence-corrected chi connectivity index (χ1v) is 17.8. The quantitative estimate of drug-likeness (QED) is 0.251. The van der Waals surface area contributed by atoms with Gasteiger partial charge < -0.3 is 4.42 Å². The van der Waals surface area contributed by atoms with E-state index in [0.717, 1.165) is 44.5 Å². The molecule has 2 aromatic heterocycles. The third-order valence-corrected chi connectivity index (χ3v) is 10.2. The molecule has 0 aliphatic heterocycles. The van der Waals surface area contributed by atoms with Crippen LogP contribution in [0.15, 0.2) is 138 Å². The van der Waals surface area contributed by atoms with E-state index in [1.807, 2.05) is 109 Å². The van der Waals surface area contributed by atoms with Crippen LogP contribution in [-0.4, -0.2) is 69.9 Å². The summed E-state index contributed by atoms with van der Waals surface area (Å²) in [5.41, 5.74) is 10.1. The minimum atomic E-state index is 0.128. The summed E-state index contributed by atoms with van der Waals surface area (Å²) >= 11 is 0. The summed E-state index contributed by atoms with van der Waals surface area (Å²) in [7, 11) is 44.8. The minimum absolute atomic E-state index is 0.128. The summed E-state index contributed by atoms with van der Waals surface area (Å²) in [6.45, 7) is 0. The molecule has 0 amide bonds. The molecule has 56 heavy (non-hydrogen) atoms. The van der Waals surface area contributed by atoms with Gasteiger partial charge in [0, 0.05) is 27.5 Å². The summed E-state index contributed by atoms with van der Waals surface area (Å²) in [4.78, 5) is 14.7. The van der Waals surface area contributed by atoms with Crippen molar-refractivity contribution >= 4 is 115 Å². The van der Waals surface area contributed by atoms with E-state index in [4.69, 9.17) is 74.3 Å². The van der Waals surface area contributed by atoms with Gasteiger partial charge in [0.2, 0.25) is 0 Å². The van der Waals surface area contributed by atoms with Crippen LogP contribution in [0, 0.1) is 0 Å². The van der Waals surface area contributed by atoms with Gasteiger partial charge >= 0.3 is 0 Å².